The molecule has 17 nitrogen and oxygen atoms in total. The number of halogens is 1. The molecule has 2 aliphatic rings. The predicted molar refractivity (Wildman–Crippen MR) is 247 cm³/mol. The topological polar surface area (TPSA) is 214 Å². The molecule has 4 amide bonds. The summed E-state index contributed by atoms with van der Waals surface area (Å²) >= 11 is 7.81. The molecule has 66 heavy (non-hydrogen) atoms. The van der Waals surface area contributed by atoms with Crippen molar-refractivity contribution in [2.24, 2.45) is 5.41 Å². The zero-order valence-corrected chi connectivity index (χ0v) is 38.9. The number of hydrogen-bond donors (Lipinski definition) is 3. The van der Waals surface area contributed by atoms with Gasteiger partial charge in [0.25, 0.3) is 5.91 Å². The number of likely N-dealkylation sites (tertiary alicyclic amines) is 1. The van der Waals surface area contributed by atoms with Crippen molar-refractivity contribution in [1.29, 1.82) is 0 Å². The van der Waals surface area contributed by atoms with E-state index in [0.717, 1.165) is 32.8 Å². The highest BCUT2D eigenvalue weighted by molar-refractivity contribution is 7.13. The van der Waals surface area contributed by atoms with Gasteiger partial charge in [0, 0.05) is 57.6 Å². The first-order chi connectivity index (χ1) is 31.5. The normalized spacial score (nSPS) is 17.6. The number of rotatable bonds is 15. The molecule has 348 valence electrons. The summed E-state index contributed by atoms with van der Waals surface area (Å²) < 4.78 is 11.0. The average Bonchev–Trinajstić information content (AvgIpc) is 4.03. The van der Waals surface area contributed by atoms with Gasteiger partial charge in [-0.05, 0) is 58.9 Å². The number of nitro groups is 1. The van der Waals surface area contributed by atoms with E-state index in [9.17, 15) is 34.4 Å². The number of aliphatic hydroxyl groups is 1. The Hall–Kier alpha value is -6.21. The zero-order chi connectivity index (χ0) is 47.3. The van der Waals surface area contributed by atoms with E-state index in [0.29, 0.717) is 37.0 Å². The smallest absolute Gasteiger partial charge is 0.344 e. The molecule has 2 aromatic heterocycles. The van der Waals surface area contributed by atoms with Gasteiger partial charge in [0.1, 0.15) is 17.8 Å². The second kappa shape index (κ2) is 20.5. The quantitative estimate of drug-likeness (QED) is 0.0803. The van der Waals surface area contributed by atoms with Crippen LogP contribution in [0.3, 0.4) is 0 Å². The number of thiazole rings is 1. The molecule has 4 heterocycles. The maximum atomic E-state index is 14.1. The molecule has 7 rings (SSSR count). The lowest BCUT2D eigenvalue weighted by Gasteiger charge is -2.39. The van der Waals surface area contributed by atoms with Crippen molar-refractivity contribution < 1.29 is 38.5 Å². The predicted octanol–water partition coefficient (Wildman–Crippen LogP) is 6.10. The Labute approximate surface area is 391 Å². The number of aliphatic hydroxyl groups excluding tert-OH is 1. The van der Waals surface area contributed by atoms with Crippen molar-refractivity contribution in [3.63, 3.8) is 0 Å². The van der Waals surface area contributed by atoms with E-state index < -0.39 is 51.9 Å². The molecule has 5 aromatic rings. The van der Waals surface area contributed by atoms with Crippen LogP contribution >= 0.6 is 22.9 Å². The summed E-state index contributed by atoms with van der Waals surface area (Å²) in [6.07, 6.45) is -0.868. The lowest BCUT2D eigenvalue weighted by Crippen LogP contribution is -2.57. The van der Waals surface area contributed by atoms with Gasteiger partial charge in [-0.15, -0.1) is 11.3 Å². The average molecular weight is 942 g/mol. The first kappa shape index (κ1) is 47.7. The standard InChI is InChI=1S/C47H53ClN8O9S/c1-28-42(66-27-50-28)33-8-6-30(7-9-33)25-49-44(59)37-24-35(57)26-55(37)46(61)43(47(3,4)5)51-38(58)18-23-64-36-16-12-32(13-17-36)41(31-10-14-34(48)15-11-31)53-19-21-54(22-20-53)45(60)39-40(56(62)63)29(2)65-52-39/h6-17,27,35,37,41,43,57H,18-26H2,1-5H3,(H,49,59)(H,51,58)/t35-,37+,41?,43-/m1/s1. The zero-order valence-electron chi connectivity index (χ0n) is 37.4. The molecule has 2 saturated heterocycles. The van der Waals surface area contributed by atoms with Gasteiger partial charge in [0.2, 0.25) is 29.2 Å². The third kappa shape index (κ3) is 11.1. The van der Waals surface area contributed by atoms with Gasteiger partial charge in [-0.1, -0.05) is 86.1 Å². The van der Waals surface area contributed by atoms with Crippen LogP contribution in [0.4, 0.5) is 5.69 Å². The molecule has 0 saturated carbocycles. The molecule has 4 atom stereocenters. The van der Waals surface area contributed by atoms with E-state index in [1.807, 2.05) is 100 Å². The van der Waals surface area contributed by atoms with Crippen LogP contribution in [0.25, 0.3) is 10.4 Å². The van der Waals surface area contributed by atoms with E-state index in [4.69, 9.17) is 20.9 Å². The number of piperazine rings is 1. The van der Waals surface area contributed by atoms with Crippen molar-refractivity contribution in [3.8, 4) is 16.2 Å². The van der Waals surface area contributed by atoms with E-state index in [2.05, 4.69) is 25.7 Å². The summed E-state index contributed by atoms with van der Waals surface area (Å²) in [6.45, 7) is 10.6. The number of ether oxygens (including phenoxy) is 1. The number of benzene rings is 3. The maximum Gasteiger partial charge on any atom is 0.344 e. The highest BCUT2D eigenvalue weighted by Crippen LogP contribution is 2.33. The van der Waals surface area contributed by atoms with Gasteiger partial charge in [-0.3, -0.25) is 34.2 Å². The van der Waals surface area contributed by atoms with Gasteiger partial charge in [-0.25, -0.2) is 4.98 Å². The second-order valence-corrected chi connectivity index (χ2v) is 18.9. The number of aromatic nitrogens is 2. The number of carbonyl (C=O) groups excluding carboxylic acids is 4. The third-order valence-electron chi connectivity index (χ3n) is 11.9. The summed E-state index contributed by atoms with van der Waals surface area (Å²) in [5.41, 5.74) is 5.11. The Balaban J connectivity index is 0.935. The number of carbonyl (C=O) groups is 4. The van der Waals surface area contributed by atoms with Crippen LogP contribution in [-0.2, 0) is 20.9 Å². The third-order valence-corrected chi connectivity index (χ3v) is 13.1. The Bertz CT molecular complexity index is 2530. The second-order valence-electron chi connectivity index (χ2n) is 17.6. The molecule has 0 radical (unpaired) electrons. The molecule has 0 spiro atoms. The van der Waals surface area contributed by atoms with Crippen molar-refractivity contribution >= 4 is 52.3 Å². The van der Waals surface area contributed by atoms with Crippen LogP contribution in [0, 0.1) is 29.4 Å². The number of aryl methyl sites for hydroxylation is 2. The first-order valence-electron chi connectivity index (χ1n) is 21.7. The van der Waals surface area contributed by atoms with Gasteiger partial charge in [-0.2, -0.15) is 0 Å². The van der Waals surface area contributed by atoms with Crippen molar-refractivity contribution in [2.75, 3.05) is 39.3 Å². The lowest BCUT2D eigenvalue weighted by molar-refractivity contribution is -0.386. The number of hydrogen-bond acceptors (Lipinski definition) is 13. The van der Waals surface area contributed by atoms with Crippen LogP contribution in [0.15, 0.2) is 82.8 Å². The van der Waals surface area contributed by atoms with E-state index in [1.165, 1.54) is 16.7 Å². The van der Waals surface area contributed by atoms with Gasteiger partial charge < -0.3 is 34.8 Å². The molecule has 2 aliphatic heterocycles. The Morgan fingerprint density at radius 3 is 2.24 bits per heavy atom. The largest absolute Gasteiger partial charge is 0.493 e. The Kier molecular flexibility index (Phi) is 14.9. The first-order valence-corrected chi connectivity index (χ1v) is 22.9. The fourth-order valence-electron chi connectivity index (χ4n) is 8.34. The highest BCUT2D eigenvalue weighted by atomic mass is 35.5. The maximum absolute atomic E-state index is 14.1. The summed E-state index contributed by atoms with van der Waals surface area (Å²) in [6, 6.07) is 20.7. The summed E-state index contributed by atoms with van der Waals surface area (Å²) in [5, 5.41) is 32.3. The highest BCUT2D eigenvalue weighted by Gasteiger charge is 2.44. The van der Waals surface area contributed by atoms with Gasteiger partial charge >= 0.3 is 5.69 Å². The summed E-state index contributed by atoms with van der Waals surface area (Å²) in [7, 11) is 0. The minimum Gasteiger partial charge on any atom is -0.493 e. The molecule has 0 aliphatic carbocycles. The fourth-order valence-corrected chi connectivity index (χ4v) is 9.27. The van der Waals surface area contributed by atoms with E-state index in [1.54, 1.807) is 16.8 Å². The van der Waals surface area contributed by atoms with E-state index in [-0.39, 0.29) is 55.9 Å². The van der Waals surface area contributed by atoms with Crippen LogP contribution < -0.4 is 15.4 Å². The molecule has 3 aromatic carbocycles. The SMILES string of the molecule is Cc1ncsc1-c1ccc(CNC(=O)[C@@H]2C[C@@H](O)CN2C(=O)[C@@H](NC(=O)CCOc2ccc(C(c3ccc(Cl)cc3)N3CCN(C(=O)c4noc(C)c4[N+](=O)[O-])CC3)cc2)C(C)(C)C)cc1. The molecule has 0 bridgehead atoms. The Morgan fingerprint density at radius 1 is 0.985 bits per heavy atom. The number of amides is 4. The Morgan fingerprint density at radius 2 is 1.64 bits per heavy atom. The molecular weight excluding hydrogens is 888 g/mol. The summed E-state index contributed by atoms with van der Waals surface area (Å²) in [4.78, 5) is 75.7. The van der Waals surface area contributed by atoms with Crippen LogP contribution in [0.5, 0.6) is 5.75 Å². The monoisotopic (exact) mass is 940 g/mol. The molecular formula is C47H53ClN8O9S. The van der Waals surface area contributed by atoms with Crippen molar-refractivity contribution in [1.82, 2.24) is 35.5 Å². The minimum atomic E-state index is -0.984. The fraction of sp³-hybridized carbons (Fsp3) is 0.404. The minimum absolute atomic E-state index is 0.0221. The molecule has 3 N–H and O–H groups in total. The van der Waals surface area contributed by atoms with Crippen molar-refractivity contribution in [3.05, 3.63) is 127 Å². The van der Waals surface area contributed by atoms with Crippen molar-refractivity contribution in [2.45, 2.75) is 78.2 Å². The molecule has 19 heteroatoms. The van der Waals surface area contributed by atoms with E-state index >= 15 is 0 Å². The summed E-state index contributed by atoms with van der Waals surface area (Å²) in [5.74, 6) is -1.32. The van der Waals surface area contributed by atoms with Crippen LogP contribution in [-0.4, -0.2) is 116 Å². The number of nitrogens with zero attached hydrogens (tertiary/aromatic N) is 6. The number of nitrogens with one attached hydrogen (secondary N) is 2. The van der Waals surface area contributed by atoms with Crippen LogP contribution in [0.2, 0.25) is 5.02 Å². The number of β-amino-alcohol motifs (C(OH)–C–C–N with tert-alkyl or cyclic N) is 1. The van der Waals surface area contributed by atoms with Crippen LogP contribution in [0.1, 0.15) is 78.3 Å². The lowest BCUT2D eigenvalue weighted by atomic mass is 9.85. The molecule has 1 unspecified atom stereocenters. The van der Waals surface area contributed by atoms with Gasteiger partial charge in [0.05, 0.1) is 46.2 Å². The molecule has 2 fully saturated rings. The van der Waals surface area contributed by atoms with Gasteiger partial charge in [0.15, 0.2) is 0 Å².